The highest BCUT2D eigenvalue weighted by molar-refractivity contribution is 7.14. The molecule has 0 aliphatic heterocycles. The third-order valence-electron chi connectivity index (χ3n) is 4.10. The highest BCUT2D eigenvalue weighted by Gasteiger charge is 2.13. The van der Waals surface area contributed by atoms with Crippen molar-refractivity contribution < 1.29 is 0 Å². The van der Waals surface area contributed by atoms with Crippen LogP contribution in [0.1, 0.15) is 22.3 Å². The molecular formula is C18H18ClN3S. The highest BCUT2D eigenvalue weighted by atomic mass is 35.5. The number of hydrogen-bond donors (Lipinski definition) is 1. The molecule has 0 fully saturated rings. The van der Waals surface area contributed by atoms with Crippen molar-refractivity contribution in [3.05, 3.63) is 57.2 Å². The summed E-state index contributed by atoms with van der Waals surface area (Å²) in [4.78, 5) is 8.81. The zero-order valence-corrected chi connectivity index (χ0v) is 15.1. The summed E-state index contributed by atoms with van der Waals surface area (Å²) < 4.78 is 0. The molecule has 0 amide bonds. The molecule has 0 bridgehead atoms. The van der Waals surface area contributed by atoms with Gasteiger partial charge in [-0.2, -0.15) is 0 Å². The van der Waals surface area contributed by atoms with Gasteiger partial charge >= 0.3 is 0 Å². The summed E-state index contributed by atoms with van der Waals surface area (Å²) in [5, 5.41) is 6.70. The van der Waals surface area contributed by atoms with E-state index in [1.165, 1.54) is 27.8 Å². The number of hydrogen-bond acceptors (Lipinski definition) is 4. The summed E-state index contributed by atoms with van der Waals surface area (Å²) in [6.07, 6.45) is 1.70. The Morgan fingerprint density at radius 3 is 2.52 bits per heavy atom. The zero-order chi connectivity index (χ0) is 16.6. The summed E-state index contributed by atoms with van der Waals surface area (Å²) in [5.74, 6) is 0. The molecule has 3 rings (SSSR count). The van der Waals surface area contributed by atoms with Crippen molar-refractivity contribution >= 4 is 33.8 Å². The maximum atomic E-state index is 5.81. The van der Waals surface area contributed by atoms with Crippen LogP contribution in [-0.4, -0.2) is 9.97 Å². The lowest BCUT2D eigenvalue weighted by Gasteiger charge is -2.13. The second-order valence-corrected chi connectivity index (χ2v) is 6.91. The lowest BCUT2D eigenvalue weighted by molar-refractivity contribution is 1.22. The van der Waals surface area contributed by atoms with E-state index in [9.17, 15) is 0 Å². The average Bonchev–Trinajstić information content (AvgIpc) is 2.95. The maximum Gasteiger partial charge on any atom is 0.187 e. The van der Waals surface area contributed by atoms with E-state index >= 15 is 0 Å². The smallest absolute Gasteiger partial charge is 0.187 e. The Hall–Kier alpha value is -1.91. The van der Waals surface area contributed by atoms with E-state index in [-0.39, 0.29) is 0 Å². The normalized spacial score (nSPS) is 10.8. The molecule has 2 aromatic heterocycles. The number of pyridine rings is 1. The Kier molecular flexibility index (Phi) is 4.37. The SMILES string of the molecule is Cc1cc(C)c(-c2csc(Nc3ccc(Cl)nc3)n2)c(C)c1C. The van der Waals surface area contributed by atoms with Crippen molar-refractivity contribution in [3.8, 4) is 11.3 Å². The average molecular weight is 344 g/mol. The molecule has 0 saturated carbocycles. The van der Waals surface area contributed by atoms with Crippen LogP contribution in [0.5, 0.6) is 0 Å². The minimum Gasteiger partial charge on any atom is -0.330 e. The summed E-state index contributed by atoms with van der Waals surface area (Å²) >= 11 is 7.40. The summed E-state index contributed by atoms with van der Waals surface area (Å²) in [6, 6.07) is 5.88. The molecule has 118 valence electrons. The molecule has 0 unspecified atom stereocenters. The fraction of sp³-hybridized carbons (Fsp3) is 0.222. The summed E-state index contributed by atoms with van der Waals surface area (Å²) in [5.41, 5.74) is 8.33. The van der Waals surface area contributed by atoms with E-state index in [0.717, 1.165) is 16.5 Å². The van der Waals surface area contributed by atoms with E-state index in [0.29, 0.717) is 5.15 Å². The van der Waals surface area contributed by atoms with Gasteiger partial charge in [0.15, 0.2) is 5.13 Å². The zero-order valence-electron chi connectivity index (χ0n) is 13.6. The predicted molar refractivity (Wildman–Crippen MR) is 99.0 cm³/mol. The van der Waals surface area contributed by atoms with Crippen LogP contribution in [0.4, 0.5) is 10.8 Å². The largest absolute Gasteiger partial charge is 0.330 e. The van der Waals surface area contributed by atoms with E-state index < -0.39 is 0 Å². The topological polar surface area (TPSA) is 37.8 Å². The van der Waals surface area contributed by atoms with E-state index in [4.69, 9.17) is 16.6 Å². The van der Waals surface area contributed by atoms with Gasteiger partial charge in [0.2, 0.25) is 0 Å². The Morgan fingerprint density at radius 1 is 1.04 bits per heavy atom. The van der Waals surface area contributed by atoms with Crippen molar-refractivity contribution in [2.24, 2.45) is 0 Å². The van der Waals surface area contributed by atoms with Crippen LogP contribution in [0.25, 0.3) is 11.3 Å². The number of aryl methyl sites for hydroxylation is 2. The molecule has 0 radical (unpaired) electrons. The minimum absolute atomic E-state index is 0.483. The van der Waals surface area contributed by atoms with Gasteiger partial charge in [-0.15, -0.1) is 11.3 Å². The lowest BCUT2D eigenvalue weighted by atomic mass is 9.93. The van der Waals surface area contributed by atoms with Crippen molar-refractivity contribution in [1.82, 2.24) is 9.97 Å². The van der Waals surface area contributed by atoms with Crippen molar-refractivity contribution in [3.63, 3.8) is 0 Å². The quantitative estimate of drug-likeness (QED) is 0.607. The van der Waals surface area contributed by atoms with Gasteiger partial charge in [-0.25, -0.2) is 9.97 Å². The van der Waals surface area contributed by atoms with Gasteiger partial charge in [-0.05, 0) is 62.1 Å². The molecule has 0 spiro atoms. The Bertz CT molecular complexity index is 853. The van der Waals surface area contributed by atoms with Gasteiger partial charge in [0.05, 0.1) is 17.6 Å². The van der Waals surface area contributed by atoms with Crippen LogP contribution >= 0.6 is 22.9 Å². The molecular weight excluding hydrogens is 326 g/mol. The lowest BCUT2D eigenvalue weighted by Crippen LogP contribution is -1.96. The van der Waals surface area contributed by atoms with Crippen LogP contribution < -0.4 is 5.32 Å². The molecule has 0 aliphatic rings. The molecule has 1 aromatic carbocycles. The third-order valence-corrected chi connectivity index (χ3v) is 5.08. The van der Waals surface area contributed by atoms with E-state index in [1.54, 1.807) is 23.6 Å². The number of thiazole rings is 1. The van der Waals surface area contributed by atoms with Crippen LogP contribution in [0.3, 0.4) is 0 Å². The number of benzene rings is 1. The standard InChI is InChI=1S/C18H18ClN3S/c1-10-7-11(2)17(13(4)12(10)3)15-9-23-18(22-15)21-14-5-6-16(19)20-8-14/h5-9H,1-4H3,(H,21,22). The molecule has 0 saturated heterocycles. The first-order chi connectivity index (χ1) is 11.0. The molecule has 3 aromatic rings. The first kappa shape index (κ1) is 16.0. The molecule has 0 aliphatic carbocycles. The molecule has 23 heavy (non-hydrogen) atoms. The Labute approximate surface area is 145 Å². The number of rotatable bonds is 3. The van der Waals surface area contributed by atoms with Crippen LogP contribution in [0.15, 0.2) is 29.8 Å². The molecule has 1 N–H and O–H groups in total. The highest BCUT2D eigenvalue weighted by Crippen LogP contribution is 2.33. The monoisotopic (exact) mass is 343 g/mol. The first-order valence-electron chi connectivity index (χ1n) is 7.37. The van der Waals surface area contributed by atoms with E-state index in [2.05, 4.69) is 49.4 Å². The summed E-state index contributed by atoms with van der Waals surface area (Å²) in [6.45, 7) is 8.63. The number of nitrogens with zero attached hydrogens (tertiary/aromatic N) is 2. The van der Waals surface area contributed by atoms with Gasteiger partial charge < -0.3 is 5.32 Å². The van der Waals surface area contributed by atoms with Crippen molar-refractivity contribution in [2.75, 3.05) is 5.32 Å². The van der Waals surface area contributed by atoms with Gasteiger partial charge in [0.25, 0.3) is 0 Å². The molecule has 2 heterocycles. The van der Waals surface area contributed by atoms with Gasteiger partial charge in [0, 0.05) is 10.9 Å². The number of nitrogens with one attached hydrogen (secondary N) is 1. The Balaban J connectivity index is 1.93. The minimum atomic E-state index is 0.483. The molecule has 0 atom stereocenters. The number of aromatic nitrogens is 2. The van der Waals surface area contributed by atoms with Crippen molar-refractivity contribution in [2.45, 2.75) is 27.7 Å². The van der Waals surface area contributed by atoms with Crippen LogP contribution in [0, 0.1) is 27.7 Å². The second kappa shape index (κ2) is 6.30. The number of halogens is 1. The fourth-order valence-corrected chi connectivity index (χ4v) is 3.53. The van der Waals surface area contributed by atoms with Gasteiger partial charge in [-0.3, -0.25) is 0 Å². The van der Waals surface area contributed by atoms with Crippen molar-refractivity contribution in [1.29, 1.82) is 0 Å². The predicted octanol–water partition coefficient (Wildman–Crippen LogP) is 5.84. The van der Waals surface area contributed by atoms with Gasteiger partial charge in [0.1, 0.15) is 5.15 Å². The first-order valence-corrected chi connectivity index (χ1v) is 8.63. The maximum absolute atomic E-state index is 5.81. The fourth-order valence-electron chi connectivity index (χ4n) is 2.70. The van der Waals surface area contributed by atoms with Gasteiger partial charge in [-0.1, -0.05) is 17.7 Å². The van der Waals surface area contributed by atoms with E-state index in [1.807, 2.05) is 6.07 Å². The second-order valence-electron chi connectivity index (χ2n) is 5.67. The van der Waals surface area contributed by atoms with Crippen LogP contribution in [0.2, 0.25) is 5.15 Å². The van der Waals surface area contributed by atoms with Crippen LogP contribution in [-0.2, 0) is 0 Å². The third kappa shape index (κ3) is 3.23. The summed E-state index contributed by atoms with van der Waals surface area (Å²) in [7, 11) is 0. The number of anilines is 2. The molecule has 5 heteroatoms. The Morgan fingerprint density at radius 2 is 1.83 bits per heavy atom. The molecule has 3 nitrogen and oxygen atoms in total.